The molecule has 4 aliphatic carbocycles. The van der Waals surface area contributed by atoms with Crippen molar-refractivity contribution in [2.45, 2.75) is 76.2 Å². The predicted octanol–water partition coefficient (Wildman–Crippen LogP) is 4.42. The summed E-state index contributed by atoms with van der Waals surface area (Å²) in [4.78, 5) is 23.4. The molecule has 2 unspecified atom stereocenters. The van der Waals surface area contributed by atoms with Crippen LogP contribution in [-0.4, -0.2) is 30.1 Å². The molecule has 26 heavy (non-hydrogen) atoms. The first-order valence-electron chi connectivity index (χ1n) is 9.66. The summed E-state index contributed by atoms with van der Waals surface area (Å²) in [5.74, 6) is -3.90. The molecule has 2 atom stereocenters. The molecule has 146 valence electrons. The van der Waals surface area contributed by atoms with Crippen molar-refractivity contribution in [3.05, 3.63) is 12.2 Å². The molecule has 0 N–H and O–H groups in total. The van der Waals surface area contributed by atoms with Crippen LogP contribution in [0.1, 0.15) is 64.7 Å². The number of hydrogen-bond donors (Lipinski definition) is 0. The van der Waals surface area contributed by atoms with Gasteiger partial charge in [0.15, 0.2) is 5.60 Å². The predicted molar refractivity (Wildman–Crippen MR) is 91.6 cm³/mol. The fraction of sp³-hybridized carbons (Fsp3) is 0.800. The molecule has 4 fully saturated rings. The van der Waals surface area contributed by atoms with Crippen LogP contribution in [0, 0.1) is 17.8 Å². The summed E-state index contributed by atoms with van der Waals surface area (Å²) < 4.78 is 40.1. The monoisotopic (exact) mass is 370 g/mol. The second kappa shape index (κ2) is 7.28. The summed E-state index contributed by atoms with van der Waals surface area (Å²) in [5, 5.41) is 0. The number of carbonyl (C=O) groups is 2. The van der Waals surface area contributed by atoms with Crippen molar-refractivity contribution in [1.29, 1.82) is 0 Å². The zero-order valence-corrected chi connectivity index (χ0v) is 15.4. The summed E-state index contributed by atoms with van der Waals surface area (Å²) in [6.07, 6.45) is 4.76. The van der Waals surface area contributed by atoms with Crippen molar-refractivity contribution in [3.63, 3.8) is 0 Å². The van der Waals surface area contributed by atoms with E-state index >= 15 is 0 Å². The highest BCUT2D eigenvalue weighted by Crippen LogP contribution is 2.63. The maximum Gasteiger partial charge on any atom is 0.333 e. The Morgan fingerprint density at radius 2 is 1.73 bits per heavy atom. The Balaban J connectivity index is 1.42. The van der Waals surface area contributed by atoms with Gasteiger partial charge in [-0.15, -0.1) is 0 Å². The van der Waals surface area contributed by atoms with Crippen LogP contribution in [0.2, 0.25) is 0 Å². The van der Waals surface area contributed by atoms with E-state index in [0.717, 1.165) is 6.42 Å². The lowest BCUT2D eigenvalue weighted by Crippen LogP contribution is -2.66. The normalized spacial score (nSPS) is 33.7. The molecule has 0 aromatic carbocycles. The highest BCUT2D eigenvalue weighted by atomic mass is 19.3. The number of ether oxygens (including phenoxy) is 2. The van der Waals surface area contributed by atoms with Crippen molar-refractivity contribution in [2.75, 3.05) is 6.61 Å². The standard InChI is InChI=1S/C20H28F2O4/c1-13(2)18(24)25-7-5-3-4-6-17(23)26-19-11-14-8-15(12-19)10-16(9-14)20(19,21)22/h14-16H,1,3-12H2,2H3. The summed E-state index contributed by atoms with van der Waals surface area (Å²) in [7, 11) is 0. The summed E-state index contributed by atoms with van der Waals surface area (Å²) in [6.45, 7) is 5.35. The van der Waals surface area contributed by atoms with E-state index in [4.69, 9.17) is 9.47 Å². The lowest BCUT2D eigenvalue weighted by Gasteiger charge is -2.59. The Morgan fingerprint density at radius 1 is 1.08 bits per heavy atom. The largest absolute Gasteiger partial charge is 0.462 e. The molecule has 6 heteroatoms. The second-order valence-corrected chi connectivity index (χ2v) is 8.36. The summed E-state index contributed by atoms with van der Waals surface area (Å²) in [6, 6.07) is 0. The molecule has 4 saturated carbocycles. The molecular weight excluding hydrogens is 342 g/mol. The number of carbonyl (C=O) groups excluding carboxylic acids is 2. The molecule has 4 nitrogen and oxygen atoms in total. The first-order chi connectivity index (χ1) is 12.2. The third-order valence-corrected chi connectivity index (χ3v) is 6.18. The van der Waals surface area contributed by atoms with E-state index in [9.17, 15) is 18.4 Å². The van der Waals surface area contributed by atoms with Gasteiger partial charge in [-0.05, 0) is 70.1 Å². The van der Waals surface area contributed by atoms with E-state index in [0.29, 0.717) is 50.5 Å². The van der Waals surface area contributed by atoms with E-state index in [1.54, 1.807) is 6.92 Å². The smallest absolute Gasteiger partial charge is 0.333 e. The molecule has 4 bridgehead atoms. The van der Waals surface area contributed by atoms with Gasteiger partial charge >= 0.3 is 11.9 Å². The van der Waals surface area contributed by atoms with Crippen LogP contribution in [0.4, 0.5) is 8.78 Å². The fourth-order valence-electron chi connectivity index (χ4n) is 5.11. The number of unbranched alkanes of at least 4 members (excludes halogenated alkanes) is 2. The average Bonchev–Trinajstić information content (AvgIpc) is 2.55. The highest BCUT2D eigenvalue weighted by molar-refractivity contribution is 5.86. The number of hydrogen-bond acceptors (Lipinski definition) is 4. The van der Waals surface area contributed by atoms with Crippen LogP contribution >= 0.6 is 0 Å². The number of rotatable bonds is 8. The molecule has 0 aliphatic heterocycles. The quantitative estimate of drug-likeness (QED) is 0.360. The zero-order valence-electron chi connectivity index (χ0n) is 15.4. The van der Waals surface area contributed by atoms with Crippen molar-refractivity contribution < 1.29 is 27.8 Å². The molecule has 0 spiro atoms. The topological polar surface area (TPSA) is 52.6 Å². The molecule has 0 saturated heterocycles. The molecule has 0 amide bonds. The Morgan fingerprint density at radius 3 is 2.35 bits per heavy atom. The van der Waals surface area contributed by atoms with Gasteiger partial charge in [0.1, 0.15) is 0 Å². The highest BCUT2D eigenvalue weighted by Gasteiger charge is 2.70. The Kier molecular flexibility index (Phi) is 5.40. The number of alkyl halides is 2. The van der Waals surface area contributed by atoms with Crippen LogP contribution in [-0.2, 0) is 19.1 Å². The van der Waals surface area contributed by atoms with Crippen LogP contribution in [0.15, 0.2) is 12.2 Å². The van der Waals surface area contributed by atoms with Gasteiger partial charge in [-0.2, -0.15) is 0 Å². The first-order valence-corrected chi connectivity index (χ1v) is 9.66. The van der Waals surface area contributed by atoms with Crippen LogP contribution in [0.5, 0.6) is 0 Å². The summed E-state index contributed by atoms with van der Waals surface area (Å²) in [5.41, 5.74) is -1.21. The lowest BCUT2D eigenvalue weighted by atomic mass is 9.52. The SMILES string of the molecule is C=C(C)C(=O)OCCCCCC(=O)OC12CC3CC(CC(C3)C1(F)F)C2. The van der Waals surface area contributed by atoms with Gasteiger partial charge in [-0.1, -0.05) is 6.58 Å². The van der Waals surface area contributed by atoms with Gasteiger partial charge in [-0.25, -0.2) is 13.6 Å². The van der Waals surface area contributed by atoms with E-state index in [1.807, 2.05) is 0 Å². The molecule has 0 aromatic rings. The van der Waals surface area contributed by atoms with Crippen LogP contribution in [0.25, 0.3) is 0 Å². The van der Waals surface area contributed by atoms with Crippen molar-refractivity contribution >= 4 is 11.9 Å². The van der Waals surface area contributed by atoms with Gasteiger partial charge in [0.25, 0.3) is 5.92 Å². The lowest BCUT2D eigenvalue weighted by molar-refractivity contribution is -0.296. The average molecular weight is 370 g/mol. The number of esters is 2. The molecule has 0 heterocycles. The van der Waals surface area contributed by atoms with E-state index < -0.39 is 29.4 Å². The van der Waals surface area contributed by atoms with Gasteiger partial charge < -0.3 is 9.47 Å². The second-order valence-electron chi connectivity index (χ2n) is 8.36. The molecule has 0 aromatic heterocycles. The molecule has 4 aliphatic rings. The maximum atomic E-state index is 14.8. The first kappa shape index (κ1) is 19.3. The van der Waals surface area contributed by atoms with Gasteiger partial charge in [0, 0.05) is 17.9 Å². The molecule has 4 rings (SSSR count). The summed E-state index contributed by atoms with van der Waals surface area (Å²) >= 11 is 0. The third kappa shape index (κ3) is 3.65. The molecule has 0 radical (unpaired) electrons. The van der Waals surface area contributed by atoms with Crippen LogP contribution < -0.4 is 0 Å². The van der Waals surface area contributed by atoms with Crippen molar-refractivity contribution in [2.24, 2.45) is 17.8 Å². The van der Waals surface area contributed by atoms with Gasteiger partial charge in [0.2, 0.25) is 0 Å². The van der Waals surface area contributed by atoms with Crippen molar-refractivity contribution in [1.82, 2.24) is 0 Å². The minimum Gasteiger partial charge on any atom is -0.462 e. The Bertz CT molecular complexity index is 572. The minimum atomic E-state index is -2.90. The Hall–Kier alpha value is -1.46. The molecular formula is C20H28F2O4. The van der Waals surface area contributed by atoms with Crippen LogP contribution in [0.3, 0.4) is 0 Å². The third-order valence-electron chi connectivity index (χ3n) is 6.18. The fourth-order valence-corrected chi connectivity index (χ4v) is 5.11. The van der Waals surface area contributed by atoms with Gasteiger partial charge in [0.05, 0.1) is 6.61 Å². The minimum absolute atomic E-state index is 0.131. The van der Waals surface area contributed by atoms with Gasteiger partial charge in [-0.3, -0.25) is 4.79 Å². The van der Waals surface area contributed by atoms with Crippen molar-refractivity contribution in [3.8, 4) is 0 Å². The maximum absolute atomic E-state index is 14.8. The van der Waals surface area contributed by atoms with E-state index in [-0.39, 0.29) is 24.9 Å². The number of halogens is 2. The van der Waals surface area contributed by atoms with E-state index in [1.165, 1.54) is 0 Å². The van der Waals surface area contributed by atoms with E-state index in [2.05, 4.69) is 6.58 Å². The zero-order chi connectivity index (χ0) is 18.9. The Labute approximate surface area is 153 Å².